The van der Waals surface area contributed by atoms with Gasteiger partial charge in [-0.1, -0.05) is 32.1 Å². The van der Waals surface area contributed by atoms with Crippen LogP contribution in [0.15, 0.2) is 36.4 Å². The summed E-state index contributed by atoms with van der Waals surface area (Å²) >= 11 is 0. The highest BCUT2D eigenvalue weighted by Crippen LogP contribution is 2.16. The molecule has 1 N–H and O–H groups in total. The fourth-order valence-corrected chi connectivity index (χ4v) is 1.76. The Hall–Kier alpha value is -1.81. The third-order valence-electron chi connectivity index (χ3n) is 3.09. The van der Waals surface area contributed by atoms with Crippen molar-refractivity contribution < 1.29 is 19.4 Å². The zero-order valence-electron chi connectivity index (χ0n) is 12.8. The molecule has 0 amide bonds. The number of carboxylic acid groups (broad SMARTS) is 1. The lowest BCUT2D eigenvalue weighted by Gasteiger charge is -2.15. The predicted molar refractivity (Wildman–Crippen MR) is 82.5 cm³/mol. The van der Waals surface area contributed by atoms with Gasteiger partial charge < -0.3 is 14.6 Å². The van der Waals surface area contributed by atoms with Crippen LogP contribution in [0.1, 0.15) is 38.7 Å². The van der Waals surface area contributed by atoms with Crippen LogP contribution in [0, 0.1) is 0 Å². The van der Waals surface area contributed by atoms with Gasteiger partial charge in [0.05, 0.1) is 6.61 Å². The Kier molecular flexibility index (Phi) is 7.54. The summed E-state index contributed by atoms with van der Waals surface area (Å²) in [5.74, 6) is -0.187. The van der Waals surface area contributed by atoms with Crippen LogP contribution in [0.2, 0.25) is 0 Å². The molecule has 0 aliphatic heterocycles. The molecule has 0 saturated heterocycles. The average Bonchev–Trinajstić information content (AvgIpc) is 2.46. The molecule has 0 aromatic heterocycles. The van der Waals surface area contributed by atoms with Gasteiger partial charge in [0, 0.05) is 5.57 Å². The van der Waals surface area contributed by atoms with E-state index in [1.807, 2.05) is 31.2 Å². The van der Waals surface area contributed by atoms with E-state index in [0.717, 1.165) is 24.2 Å². The standard InChI is InChI=1S/C17H24O4/c1-4-5-12-20-14(3)21-16-10-8-15(9-11-16)7-6-13(2)17(18)19/h8-11,14H,2,4-7,12H2,1,3H3,(H,18,19). The summed E-state index contributed by atoms with van der Waals surface area (Å²) in [7, 11) is 0. The van der Waals surface area contributed by atoms with Gasteiger partial charge in [0.2, 0.25) is 0 Å². The molecule has 0 saturated carbocycles. The molecule has 1 aromatic carbocycles. The largest absolute Gasteiger partial charge is 0.478 e. The van der Waals surface area contributed by atoms with E-state index in [2.05, 4.69) is 13.5 Å². The number of carboxylic acids is 1. The minimum Gasteiger partial charge on any atom is -0.478 e. The van der Waals surface area contributed by atoms with Crippen LogP contribution in [0.25, 0.3) is 0 Å². The van der Waals surface area contributed by atoms with Crippen LogP contribution >= 0.6 is 0 Å². The number of benzene rings is 1. The van der Waals surface area contributed by atoms with E-state index in [9.17, 15) is 4.79 Å². The minimum absolute atomic E-state index is 0.230. The predicted octanol–water partition coefficient (Wildman–Crippen LogP) is 3.80. The number of unbranched alkanes of at least 4 members (excludes halogenated alkanes) is 1. The molecule has 116 valence electrons. The van der Waals surface area contributed by atoms with Gasteiger partial charge in [0.1, 0.15) is 5.75 Å². The first-order valence-corrected chi connectivity index (χ1v) is 7.31. The Balaban J connectivity index is 2.39. The van der Waals surface area contributed by atoms with E-state index in [1.54, 1.807) is 0 Å². The van der Waals surface area contributed by atoms with E-state index in [-0.39, 0.29) is 11.9 Å². The molecule has 1 unspecified atom stereocenters. The highest BCUT2D eigenvalue weighted by Gasteiger charge is 2.06. The number of aliphatic carboxylic acids is 1. The zero-order valence-corrected chi connectivity index (χ0v) is 12.8. The van der Waals surface area contributed by atoms with E-state index < -0.39 is 5.97 Å². The molecule has 0 bridgehead atoms. The third-order valence-corrected chi connectivity index (χ3v) is 3.09. The van der Waals surface area contributed by atoms with Crippen molar-refractivity contribution in [3.05, 3.63) is 42.0 Å². The van der Waals surface area contributed by atoms with Crippen LogP contribution in [-0.4, -0.2) is 24.0 Å². The molecule has 1 aromatic rings. The van der Waals surface area contributed by atoms with Crippen LogP contribution in [0.3, 0.4) is 0 Å². The molecule has 0 aliphatic carbocycles. The molecule has 0 heterocycles. The Morgan fingerprint density at radius 1 is 1.33 bits per heavy atom. The first-order valence-electron chi connectivity index (χ1n) is 7.31. The van der Waals surface area contributed by atoms with Gasteiger partial charge in [-0.2, -0.15) is 0 Å². The maximum absolute atomic E-state index is 10.7. The second-order valence-electron chi connectivity index (χ2n) is 4.96. The van der Waals surface area contributed by atoms with Crippen molar-refractivity contribution in [1.29, 1.82) is 0 Å². The fraction of sp³-hybridized carbons (Fsp3) is 0.471. The lowest BCUT2D eigenvalue weighted by molar-refractivity contribution is -0.132. The van der Waals surface area contributed by atoms with Crippen LogP contribution in [0.5, 0.6) is 5.75 Å². The molecule has 0 spiro atoms. The first kappa shape index (κ1) is 17.2. The molecule has 4 nitrogen and oxygen atoms in total. The van der Waals surface area contributed by atoms with Crippen molar-refractivity contribution in [2.75, 3.05) is 6.61 Å². The van der Waals surface area contributed by atoms with Crippen LogP contribution in [0.4, 0.5) is 0 Å². The second kappa shape index (κ2) is 9.19. The quantitative estimate of drug-likeness (QED) is 0.405. The van der Waals surface area contributed by atoms with Crippen molar-refractivity contribution in [1.82, 2.24) is 0 Å². The fourth-order valence-electron chi connectivity index (χ4n) is 1.76. The van der Waals surface area contributed by atoms with Gasteiger partial charge >= 0.3 is 5.97 Å². The van der Waals surface area contributed by atoms with Crippen LogP contribution in [-0.2, 0) is 16.0 Å². The molecule has 0 aliphatic rings. The third kappa shape index (κ3) is 6.95. The lowest BCUT2D eigenvalue weighted by Crippen LogP contribution is -2.16. The summed E-state index contributed by atoms with van der Waals surface area (Å²) in [6, 6.07) is 7.61. The summed E-state index contributed by atoms with van der Waals surface area (Å²) in [6.45, 7) is 8.22. The van der Waals surface area contributed by atoms with Gasteiger partial charge in [-0.25, -0.2) is 4.79 Å². The van der Waals surface area contributed by atoms with Gasteiger partial charge in [-0.15, -0.1) is 0 Å². The number of ether oxygens (including phenoxy) is 2. The zero-order chi connectivity index (χ0) is 15.7. The normalized spacial score (nSPS) is 11.9. The molecule has 1 atom stereocenters. The Morgan fingerprint density at radius 3 is 2.57 bits per heavy atom. The van der Waals surface area contributed by atoms with Crippen molar-refractivity contribution in [2.24, 2.45) is 0 Å². The molecular weight excluding hydrogens is 268 g/mol. The SMILES string of the molecule is C=C(CCc1ccc(OC(C)OCCCC)cc1)C(=O)O. The highest BCUT2D eigenvalue weighted by atomic mass is 16.7. The van der Waals surface area contributed by atoms with E-state index >= 15 is 0 Å². The summed E-state index contributed by atoms with van der Waals surface area (Å²) < 4.78 is 11.2. The smallest absolute Gasteiger partial charge is 0.330 e. The summed E-state index contributed by atoms with van der Waals surface area (Å²) in [6.07, 6.45) is 2.97. The maximum Gasteiger partial charge on any atom is 0.330 e. The Morgan fingerprint density at radius 2 is 2.00 bits per heavy atom. The highest BCUT2D eigenvalue weighted by molar-refractivity contribution is 5.85. The second-order valence-corrected chi connectivity index (χ2v) is 4.96. The molecule has 0 radical (unpaired) electrons. The van der Waals surface area contributed by atoms with Gasteiger partial charge in [-0.05, 0) is 43.9 Å². The topological polar surface area (TPSA) is 55.8 Å². The molecule has 4 heteroatoms. The van der Waals surface area contributed by atoms with Crippen molar-refractivity contribution >= 4 is 5.97 Å². The van der Waals surface area contributed by atoms with E-state index in [4.69, 9.17) is 14.6 Å². The number of aryl methyl sites for hydroxylation is 1. The Labute approximate surface area is 126 Å². The summed E-state index contributed by atoms with van der Waals surface area (Å²) in [4.78, 5) is 10.7. The van der Waals surface area contributed by atoms with Crippen molar-refractivity contribution in [2.45, 2.75) is 45.8 Å². The molecular formula is C17H24O4. The average molecular weight is 292 g/mol. The summed E-state index contributed by atoms with van der Waals surface area (Å²) in [5, 5.41) is 8.76. The van der Waals surface area contributed by atoms with E-state index in [1.165, 1.54) is 0 Å². The molecule has 21 heavy (non-hydrogen) atoms. The Bertz CT molecular complexity index is 450. The number of hydrogen-bond donors (Lipinski definition) is 1. The number of hydrogen-bond acceptors (Lipinski definition) is 3. The number of rotatable bonds is 10. The van der Waals surface area contributed by atoms with Crippen molar-refractivity contribution in [3.8, 4) is 5.75 Å². The van der Waals surface area contributed by atoms with Gasteiger partial charge in [0.25, 0.3) is 0 Å². The first-order chi connectivity index (χ1) is 10.0. The van der Waals surface area contributed by atoms with Crippen LogP contribution < -0.4 is 4.74 Å². The van der Waals surface area contributed by atoms with Gasteiger partial charge in [0.15, 0.2) is 6.29 Å². The molecule has 0 fully saturated rings. The number of carbonyl (C=O) groups is 1. The van der Waals surface area contributed by atoms with E-state index in [0.29, 0.717) is 19.4 Å². The molecule has 1 rings (SSSR count). The van der Waals surface area contributed by atoms with Crippen molar-refractivity contribution in [3.63, 3.8) is 0 Å². The monoisotopic (exact) mass is 292 g/mol. The summed E-state index contributed by atoms with van der Waals surface area (Å²) in [5.41, 5.74) is 1.29. The van der Waals surface area contributed by atoms with Gasteiger partial charge in [-0.3, -0.25) is 0 Å². The maximum atomic E-state index is 10.7. The minimum atomic E-state index is -0.937. The lowest BCUT2D eigenvalue weighted by atomic mass is 10.1.